The van der Waals surface area contributed by atoms with Crippen LogP contribution in [0.2, 0.25) is 0 Å². The zero-order valence-corrected chi connectivity index (χ0v) is 14.7. The highest BCUT2D eigenvalue weighted by molar-refractivity contribution is 6.03. The van der Waals surface area contributed by atoms with Gasteiger partial charge in [0.15, 0.2) is 6.20 Å². The standard InChI is InChI=1S/C19H20NO.BrH/c1-19(2,3)18(21)13-20-12-14-8-4-5-9-15(14)16-10-6-7-11-17(16)20;/h4-12H,13H2,1-3H3;1H/q+1;/p-1. The van der Waals surface area contributed by atoms with Crippen LogP contribution < -0.4 is 21.5 Å². The first-order valence-electron chi connectivity index (χ1n) is 7.30. The van der Waals surface area contributed by atoms with Crippen LogP contribution in [0.15, 0.2) is 54.7 Å². The molecule has 0 radical (unpaired) electrons. The van der Waals surface area contributed by atoms with Gasteiger partial charge in [0.25, 0.3) is 0 Å². The van der Waals surface area contributed by atoms with Crippen LogP contribution >= 0.6 is 0 Å². The average molecular weight is 358 g/mol. The van der Waals surface area contributed by atoms with Gasteiger partial charge in [0.2, 0.25) is 17.8 Å². The monoisotopic (exact) mass is 357 g/mol. The molecule has 2 nitrogen and oxygen atoms in total. The van der Waals surface area contributed by atoms with Crippen molar-refractivity contribution in [3.8, 4) is 0 Å². The van der Waals surface area contributed by atoms with E-state index in [9.17, 15) is 4.79 Å². The van der Waals surface area contributed by atoms with E-state index in [0.29, 0.717) is 6.54 Å². The van der Waals surface area contributed by atoms with Crippen LogP contribution in [-0.2, 0) is 11.3 Å². The molecule has 3 heteroatoms. The first-order chi connectivity index (χ1) is 9.97. The fourth-order valence-corrected chi connectivity index (χ4v) is 2.57. The lowest BCUT2D eigenvalue weighted by Gasteiger charge is -2.14. The van der Waals surface area contributed by atoms with Crippen molar-refractivity contribution in [2.75, 3.05) is 0 Å². The summed E-state index contributed by atoms with van der Waals surface area (Å²) in [6, 6.07) is 16.6. The molecule has 3 rings (SSSR count). The predicted molar refractivity (Wildman–Crippen MR) is 86.1 cm³/mol. The van der Waals surface area contributed by atoms with Gasteiger partial charge in [-0.3, -0.25) is 4.79 Å². The molecular formula is C19H20BrNO. The summed E-state index contributed by atoms with van der Waals surface area (Å²) in [5, 5.41) is 3.59. The minimum absolute atomic E-state index is 0. The maximum atomic E-state index is 12.4. The van der Waals surface area contributed by atoms with E-state index in [0.717, 1.165) is 10.9 Å². The number of hydrogen-bond acceptors (Lipinski definition) is 1. The van der Waals surface area contributed by atoms with Crippen molar-refractivity contribution in [3.05, 3.63) is 54.7 Å². The van der Waals surface area contributed by atoms with Gasteiger partial charge >= 0.3 is 0 Å². The van der Waals surface area contributed by atoms with Crippen molar-refractivity contribution >= 4 is 27.5 Å². The Balaban J connectivity index is 0.00000176. The number of fused-ring (bicyclic) bond motifs is 3. The van der Waals surface area contributed by atoms with Gasteiger partial charge in [0, 0.05) is 22.3 Å². The molecule has 3 aromatic rings. The summed E-state index contributed by atoms with van der Waals surface area (Å²) < 4.78 is 2.07. The number of para-hydroxylation sites is 1. The summed E-state index contributed by atoms with van der Waals surface area (Å²) in [6.45, 7) is 6.33. The summed E-state index contributed by atoms with van der Waals surface area (Å²) in [5.41, 5.74) is 0.786. The Hall–Kier alpha value is -1.74. The van der Waals surface area contributed by atoms with Gasteiger partial charge in [-0.05, 0) is 12.1 Å². The fraction of sp³-hybridized carbons (Fsp3) is 0.263. The van der Waals surface area contributed by atoms with Gasteiger partial charge in [0.05, 0.1) is 5.39 Å². The molecule has 0 spiro atoms. The number of benzene rings is 2. The number of carbonyl (C=O) groups excluding carboxylic acids is 1. The van der Waals surface area contributed by atoms with E-state index < -0.39 is 0 Å². The van der Waals surface area contributed by atoms with E-state index in [1.54, 1.807) is 0 Å². The topological polar surface area (TPSA) is 20.9 Å². The molecule has 0 aliphatic heterocycles. The molecule has 0 fully saturated rings. The van der Waals surface area contributed by atoms with Crippen molar-refractivity contribution in [2.24, 2.45) is 5.41 Å². The molecule has 0 aliphatic rings. The molecule has 0 saturated heterocycles. The van der Waals surface area contributed by atoms with E-state index in [1.165, 1.54) is 10.8 Å². The lowest BCUT2D eigenvalue weighted by molar-refractivity contribution is -0.657. The second-order valence-electron chi connectivity index (χ2n) is 6.53. The molecule has 0 bridgehead atoms. The minimum atomic E-state index is -0.320. The fourth-order valence-electron chi connectivity index (χ4n) is 2.57. The van der Waals surface area contributed by atoms with Crippen molar-refractivity contribution in [1.82, 2.24) is 0 Å². The van der Waals surface area contributed by atoms with Crippen molar-refractivity contribution in [3.63, 3.8) is 0 Å². The quantitative estimate of drug-likeness (QED) is 0.493. The highest BCUT2D eigenvalue weighted by Gasteiger charge is 2.26. The van der Waals surface area contributed by atoms with Crippen LogP contribution in [0.5, 0.6) is 0 Å². The summed E-state index contributed by atoms with van der Waals surface area (Å²) in [7, 11) is 0. The van der Waals surface area contributed by atoms with E-state index in [-0.39, 0.29) is 28.2 Å². The van der Waals surface area contributed by atoms with E-state index >= 15 is 0 Å². The van der Waals surface area contributed by atoms with E-state index in [4.69, 9.17) is 0 Å². The van der Waals surface area contributed by atoms with Crippen LogP contribution in [0.4, 0.5) is 0 Å². The van der Waals surface area contributed by atoms with Gasteiger partial charge in [-0.25, -0.2) is 0 Å². The molecule has 0 saturated carbocycles. The van der Waals surface area contributed by atoms with Gasteiger partial charge in [-0.15, -0.1) is 0 Å². The van der Waals surface area contributed by atoms with Gasteiger partial charge in [-0.2, -0.15) is 4.57 Å². The number of halogens is 1. The maximum Gasteiger partial charge on any atom is 0.213 e. The summed E-state index contributed by atoms with van der Waals surface area (Å²) in [5.74, 6) is 0.243. The lowest BCUT2D eigenvalue weighted by Crippen LogP contribution is -3.00. The molecule has 1 aromatic heterocycles. The van der Waals surface area contributed by atoms with E-state index in [1.807, 2.05) is 39.0 Å². The molecular weight excluding hydrogens is 338 g/mol. The SMILES string of the molecule is CC(C)(C)C(=O)C[n+]1cc2ccccc2c2ccccc21.[Br-]. The zero-order valence-electron chi connectivity index (χ0n) is 13.1. The normalized spacial score (nSPS) is 11.4. The number of hydrogen-bond donors (Lipinski definition) is 0. The Kier molecular flexibility index (Phi) is 4.66. The molecule has 0 N–H and O–H groups in total. The number of pyridine rings is 1. The highest BCUT2D eigenvalue weighted by atomic mass is 79.9. The minimum Gasteiger partial charge on any atom is -1.00 e. The second-order valence-corrected chi connectivity index (χ2v) is 6.53. The lowest BCUT2D eigenvalue weighted by atomic mass is 9.90. The third-order valence-electron chi connectivity index (χ3n) is 3.91. The Morgan fingerprint density at radius 1 is 0.955 bits per heavy atom. The Labute approximate surface area is 141 Å². The Bertz CT molecular complexity index is 834. The van der Waals surface area contributed by atoms with Crippen LogP contribution in [0.3, 0.4) is 0 Å². The Morgan fingerprint density at radius 2 is 1.55 bits per heavy atom. The molecule has 22 heavy (non-hydrogen) atoms. The third kappa shape index (κ3) is 3.05. The molecule has 114 valence electrons. The summed E-state index contributed by atoms with van der Waals surface area (Å²) in [4.78, 5) is 12.4. The van der Waals surface area contributed by atoms with Crippen LogP contribution in [0.25, 0.3) is 21.7 Å². The highest BCUT2D eigenvalue weighted by Crippen LogP contribution is 2.22. The molecule has 0 aliphatic carbocycles. The number of Topliss-reactive ketones (excluding diaryl/α,β-unsaturated/α-hetero) is 1. The van der Waals surface area contributed by atoms with Crippen LogP contribution in [-0.4, -0.2) is 5.78 Å². The molecule has 1 heterocycles. The first-order valence-corrected chi connectivity index (χ1v) is 7.30. The molecule has 0 atom stereocenters. The number of rotatable bonds is 2. The van der Waals surface area contributed by atoms with E-state index in [2.05, 4.69) is 41.1 Å². The van der Waals surface area contributed by atoms with Crippen molar-refractivity contribution < 1.29 is 26.3 Å². The Morgan fingerprint density at radius 3 is 2.23 bits per heavy atom. The maximum absolute atomic E-state index is 12.4. The summed E-state index contributed by atoms with van der Waals surface area (Å²) >= 11 is 0. The largest absolute Gasteiger partial charge is 1.00 e. The number of carbonyl (C=O) groups is 1. The third-order valence-corrected chi connectivity index (χ3v) is 3.91. The zero-order chi connectivity index (χ0) is 15.0. The first kappa shape index (κ1) is 16.6. The van der Waals surface area contributed by atoms with Gasteiger partial charge in [0.1, 0.15) is 0 Å². The van der Waals surface area contributed by atoms with Crippen LogP contribution in [0.1, 0.15) is 20.8 Å². The predicted octanol–water partition coefficient (Wildman–Crippen LogP) is 0.900. The molecule has 0 unspecified atom stereocenters. The second kappa shape index (κ2) is 6.17. The van der Waals surface area contributed by atoms with Gasteiger partial charge in [-0.1, -0.05) is 51.1 Å². The summed E-state index contributed by atoms with van der Waals surface area (Å²) in [6.07, 6.45) is 2.08. The molecule has 2 aromatic carbocycles. The van der Waals surface area contributed by atoms with Crippen molar-refractivity contribution in [1.29, 1.82) is 0 Å². The van der Waals surface area contributed by atoms with Gasteiger partial charge < -0.3 is 17.0 Å². The number of aromatic nitrogens is 1. The smallest absolute Gasteiger partial charge is 0.213 e. The molecule has 0 amide bonds. The average Bonchev–Trinajstić information content (AvgIpc) is 2.46. The van der Waals surface area contributed by atoms with Crippen molar-refractivity contribution in [2.45, 2.75) is 27.3 Å². The number of nitrogens with zero attached hydrogens (tertiary/aromatic N) is 1. The van der Waals surface area contributed by atoms with Crippen LogP contribution in [0, 0.1) is 5.41 Å². The number of ketones is 1.